The van der Waals surface area contributed by atoms with Crippen LogP contribution in [0.2, 0.25) is 0 Å². The number of nitrogens with zero attached hydrogens (tertiary/aromatic N) is 2. The van der Waals surface area contributed by atoms with Gasteiger partial charge >= 0.3 is 5.69 Å². The van der Waals surface area contributed by atoms with Gasteiger partial charge in [-0.15, -0.1) is 0 Å². The van der Waals surface area contributed by atoms with E-state index in [2.05, 4.69) is 4.98 Å². The number of ether oxygens (including phenoxy) is 1. The summed E-state index contributed by atoms with van der Waals surface area (Å²) in [6.45, 7) is 0.809. The van der Waals surface area contributed by atoms with Crippen molar-refractivity contribution < 1.29 is 19.5 Å². The number of H-pyrrole nitrogens is 1. The van der Waals surface area contributed by atoms with Crippen LogP contribution in [0.4, 0.5) is 0 Å². The highest BCUT2D eigenvalue weighted by molar-refractivity contribution is 6.00. The number of imidazole rings is 1. The van der Waals surface area contributed by atoms with Gasteiger partial charge < -0.3 is 14.6 Å². The van der Waals surface area contributed by atoms with Crippen molar-refractivity contribution in [3.8, 4) is 11.5 Å². The van der Waals surface area contributed by atoms with Crippen molar-refractivity contribution in [2.75, 3.05) is 13.1 Å². The van der Waals surface area contributed by atoms with E-state index >= 15 is 0 Å². The zero-order chi connectivity index (χ0) is 25.8. The van der Waals surface area contributed by atoms with Gasteiger partial charge in [0.25, 0.3) is 5.91 Å². The summed E-state index contributed by atoms with van der Waals surface area (Å²) in [7, 11) is 0. The lowest BCUT2D eigenvalue weighted by Crippen LogP contribution is -2.47. The third-order valence-electron chi connectivity index (χ3n) is 6.81. The number of carbonyl (C=O) groups excluding carboxylic acids is 2. The Morgan fingerprint density at radius 1 is 0.973 bits per heavy atom. The van der Waals surface area contributed by atoms with Crippen molar-refractivity contribution in [1.29, 1.82) is 0 Å². The Kier molecular flexibility index (Phi) is 7.04. The lowest BCUT2D eigenvalue weighted by Gasteiger charge is -2.34. The maximum absolute atomic E-state index is 13.4. The zero-order valence-electron chi connectivity index (χ0n) is 20.2. The molecule has 3 aromatic carbocycles. The third kappa shape index (κ3) is 5.26. The molecular weight excluding hydrogens is 472 g/mol. The van der Waals surface area contributed by atoms with Gasteiger partial charge in [0.1, 0.15) is 17.4 Å². The predicted molar refractivity (Wildman–Crippen MR) is 137 cm³/mol. The summed E-state index contributed by atoms with van der Waals surface area (Å²) in [5.74, 6) is -0.939. The predicted octanol–water partition coefficient (Wildman–Crippen LogP) is 3.65. The fourth-order valence-corrected chi connectivity index (χ4v) is 4.97. The van der Waals surface area contributed by atoms with E-state index in [4.69, 9.17) is 4.74 Å². The second-order valence-corrected chi connectivity index (χ2v) is 9.17. The molecule has 3 N–H and O–H groups in total. The minimum absolute atomic E-state index is 0.0513. The summed E-state index contributed by atoms with van der Waals surface area (Å²) in [6.07, 6.45) is 1.28. The number of piperidine rings is 1. The molecule has 2 heterocycles. The number of nitrogens with one attached hydrogen (secondary N) is 2. The quantitative estimate of drug-likeness (QED) is 0.204. The number of likely N-dealkylation sites (tertiary alicyclic amines) is 1. The van der Waals surface area contributed by atoms with Crippen molar-refractivity contribution in [2.24, 2.45) is 5.92 Å². The van der Waals surface area contributed by atoms with Crippen LogP contribution >= 0.6 is 0 Å². The van der Waals surface area contributed by atoms with Gasteiger partial charge in [-0.3, -0.25) is 19.4 Å². The fourth-order valence-electron chi connectivity index (χ4n) is 4.97. The Hall–Kier alpha value is -4.37. The van der Waals surface area contributed by atoms with Gasteiger partial charge in [-0.1, -0.05) is 42.5 Å². The summed E-state index contributed by atoms with van der Waals surface area (Å²) in [5.41, 5.74) is 3.84. The number of rotatable bonds is 7. The first-order chi connectivity index (χ1) is 18.0. The fraction of sp³-hybridized carbons (Fsp3) is 0.250. The van der Waals surface area contributed by atoms with Crippen LogP contribution in [0.25, 0.3) is 11.0 Å². The lowest BCUT2D eigenvalue weighted by molar-refractivity contribution is -0.146. The molecule has 1 unspecified atom stereocenters. The standard InChI is InChI=1S/C28H28N4O5/c33-26(30-36)23(18-19-7-6-10-22(17-19)37-21-8-2-1-3-9-21)27(34)31-15-13-20(14-16-31)32-25-12-5-4-11-24(25)29-28(32)35/h1-12,17,20,23,36H,13-16,18H2,(H,29,35)(H,30,33). The monoisotopic (exact) mass is 500 g/mol. The average Bonchev–Trinajstić information content (AvgIpc) is 3.27. The molecule has 1 atom stereocenters. The molecule has 1 fully saturated rings. The summed E-state index contributed by atoms with van der Waals surface area (Å²) in [4.78, 5) is 43.0. The number of hydroxylamine groups is 1. The Morgan fingerprint density at radius 2 is 1.68 bits per heavy atom. The molecule has 0 spiro atoms. The zero-order valence-corrected chi connectivity index (χ0v) is 20.2. The number of para-hydroxylation sites is 3. The molecule has 0 bridgehead atoms. The van der Waals surface area contributed by atoms with Crippen LogP contribution in [0.3, 0.4) is 0 Å². The average molecular weight is 501 g/mol. The Labute approximate surface area is 213 Å². The highest BCUT2D eigenvalue weighted by Gasteiger charge is 2.34. The van der Waals surface area contributed by atoms with Crippen molar-refractivity contribution in [2.45, 2.75) is 25.3 Å². The van der Waals surface area contributed by atoms with E-state index in [9.17, 15) is 19.6 Å². The minimum atomic E-state index is -1.09. The molecule has 0 saturated carbocycles. The molecule has 1 saturated heterocycles. The van der Waals surface area contributed by atoms with Crippen molar-refractivity contribution in [1.82, 2.24) is 19.9 Å². The van der Waals surface area contributed by atoms with Crippen LogP contribution in [0.5, 0.6) is 11.5 Å². The third-order valence-corrected chi connectivity index (χ3v) is 6.81. The van der Waals surface area contributed by atoms with Gasteiger partial charge in [0, 0.05) is 19.1 Å². The lowest BCUT2D eigenvalue weighted by atomic mass is 9.95. The maximum atomic E-state index is 13.4. The van der Waals surface area contributed by atoms with Gasteiger partial charge in [-0.05, 0) is 61.2 Å². The van der Waals surface area contributed by atoms with Gasteiger partial charge in [0.05, 0.1) is 11.0 Å². The molecule has 1 aromatic heterocycles. The SMILES string of the molecule is O=C(NO)C(Cc1cccc(Oc2ccccc2)c1)C(=O)N1CCC(n2c(=O)[nH]c3ccccc32)CC1. The van der Waals surface area contributed by atoms with Crippen LogP contribution in [-0.4, -0.2) is 44.6 Å². The van der Waals surface area contributed by atoms with Crippen molar-refractivity contribution in [3.63, 3.8) is 0 Å². The molecule has 5 rings (SSSR count). The normalized spacial score (nSPS) is 14.9. The van der Waals surface area contributed by atoms with Crippen LogP contribution in [0.1, 0.15) is 24.4 Å². The molecule has 190 valence electrons. The largest absolute Gasteiger partial charge is 0.457 e. The topological polar surface area (TPSA) is 117 Å². The first-order valence-corrected chi connectivity index (χ1v) is 12.3. The molecular formula is C28H28N4O5. The number of amides is 2. The molecule has 0 aliphatic carbocycles. The minimum Gasteiger partial charge on any atom is -0.457 e. The molecule has 4 aromatic rings. The van der Waals surface area contributed by atoms with E-state index < -0.39 is 11.8 Å². The number of hydrogen-bond donors (Lipinski definition) is 3. The molecule has 37 heavy (non-hydrogen) atoms. The number of aromatic amines is 1. The van der Waals surface area contributed by atoms with E-state index in [1.165, 1.54) is 0 Å². The molecule has 2 amide bonds. The van der Waals surface area contributed by atoms with E-state index in [1.807, 2.05) is 60.7 Å². The van der Waals surface area contributed by atoms with Crippen LogP contribution in [0.15, 0.2) is 83.7 Å². The Balaban J connectivity index is 1.28. The van der Waals surface area contributed by atoms with E-state index in [0.717, 1.165) is 16.6 Å². The van der Waals surface area contributed by atoms with Crippen LogP contribution in [-0.2, 0) is 16.0 Å². The second kappa shape index (κ2) is 10.7. The van der Waals surface area contributed by atoms with E-state index in [0.29, 0.717) is 37.4 Å². The summed E-state index contributed by atoms with van der Waals surface area (Å²) >= 11 is 0. The summed E-state index contributed by atoms with van der Waals surface area (Å²) in [5, 5.41) is 9.34. The maximum Gasteiger partial charge on any atom is 0.326 e. The highest BCUT2D eigenvalue weighted by Crippen LogP contribution is 2.27. The molecule has 1 aliphatic heterocycles. The first-order valence-electron chi connectivity index (χ1n) is 12.3. The summed E-state index contributed by atoms with van der Waals surface area (Å²) < 4.78 is 7.63. The number of aromatic nitrogens is 2. The highest BCUT2D eigenvalue weighted by atomic mass is 16.5. The van der Waals surface area contributed by atoms with Gasteiger partial charge in [-0.2, -0.15) is 0 Å². The Morgan fingerprint density at radius 3 is 2.43 bits per heavy atom. The van der Waals surface area contributed by atoms with Crippen LogP contribution < -0.4 is 15.9 Å². The summed E-state index contributed by atoms with van der Waals surface area (Å²) in [6, 6.07) is 24.0. The number of carbonyl (C=O) groups is 2. The number of hydrogen-bond acceptors (Lipinski definition) is 5. The molecule has 9 nitrogen and oxygen atoms in total. The Bertz CT molecular complexity index is 1450. The van der Waals surface area contributed by atoms with Crippen molar-refractivity contribution >= 4 is 22.8 Å². The second-order valence-electron chi connectivity index (χ2n) is 9.17. The number of fused-ring (bicyclic) bond motifs is 1. The van der Waals surface area contributed by atoms with Crippen LogP contribution in [0, 0.1) is 5.92 Å². The molecule has 9 heteroatoms. The van der Waals surface area contributed by atoms with Gasteiger partial charge in [0.15, 0.2) is 0 Å². The van der Waals surface area contributed by atoms with E-state index in [1.54, 1.807) is 33.1 Å². The molecule has 0 radical (unpaired) electrons. The molecule has 1 aliphatic rings. The first kappa shape index (κ1) is 24.3. The van der Waals surface area contributed by atoms with E-state index in [-0.39, 0.29) is 24.1 Å². The van der Waals surface area contributed by atoms with Gasteiger partial charge in [0.2, 0.25) is 5.91 Å². The van der Waals surface area contributed by atoms with Gasteiger partial charge in [-0.25, -0.2) is 10.3 Å². The van der Waals surface area contributed by atoms with Crippen molar-refractivity contribution in [3.05, 3.63) is 94.9 Å². The number of benzene rings is 3. The smallest absolute Gasteiger partial charge is 0.326 e.